The Hall–Kier alpha value is -3.31. The Morgan fingerprint density at radius 3 is 2.26 bits per heavy atom. The highest BCUT2D eigenvalue weighted by Crippen LogP contribution is 2.41. The number of ketones is 1. The Kier molecular flexibility index (Phi) is 12.9. The highest BCUT2D eigenvalue weighted by atomic mass is 32.2. The first-order valence-corrected chi connectivity index (χ1v) is 13.7. The van der Waals surface area contributed by atoms with E-state index in [1.54, 1.807) is 25.1 Å². The molecule has 2 aromatic carbocycles. The van der Waals surface area contributed by atoms with E-state index >= 15 is 0 Å². The van der Waals surface area contributed by atoms with E-state index in [9.17, 15) is 14.7 Å². The van der Waals surface area contributed by atoms with Gasteiger partial charge in [-0.05, 0) is 49.2 Å². The first-order valence-electron chi connectivity index (χ1n) is 12.9. The lowest BCUT2D eigenvalue weighted by atomic mass is 10.1. The third-order valence-corrected chi connectivity index (χ3v) is 6.29. The minimum absolute atomic E-state index is 0.0327. The summed E-state index contributed by atoms with van der Waals surface area (Å²) < 4.78 is 27.1. The molecule has 0 saturated carbocycles. The maximum Gasteiger partial charge on any atom is 0.344 e. The summed E-state index contributed by atoms with van der Waals surface area (Å²) in [5.41, 5.74) is 1.33. The molecule has 9 nitrogen and oxygen atoms in total. The number of hydrogen-bond acceptors (Lipinski definition) is 10. The van der Waals surface area contributed by atoms with Crippen LogP contribution in [-0.2, 0) is 28.5 Å². The molecule has 2 N–H and O–H groups in total. The number of esters is 1. The Morgan fingerprint density at radius 1 is 0.923 bits per heavy atom. The van der Waals surface area contributed by atoms with Gasteiger partial charge in [-0.2, -0.15) is 0 Å². The Balaban J connectivity index is 1.56. The van der Waals surface area contributed by atoms with Crippen LogP contribution in [-0.4, -0.2) is 69.7 Å². The van der Waals surface area contributed by atoms with Crippen molar-refractivity contribution in [3.63, 3.8) is 0 Å². The lowest BCUT2D eigenvalue weighted by Gasteiger charge is -2.10. The zero-order valence-corrected chi connectivity index (χ0v) is 23.1. The molecule has 3 rings (SSSR count). The summed E-state index contributed by atoms with van der Waals surface area (Å²) in [5.74, 6) is -0.884. The molecular formula is C29H35NO8S. The molecular weight excluding hydrogens is 522 g/mol. The van der Waals surface area contributed by atoms with E-state index in [0.29, 0.717) is 48.5 Å². The molecule has 1 aliphatic rings. The molecule has 10 heteroatoms. The van der Waals surface area contributed by atoms with Crippen molar-refractivity contribution in [3.05, 3.63) is 69.6 Å². The number of para-hydroxylation sites is 1. The van der Waals surface area contributed by atoms with Gasteiger partial charge in [-0.1, -0.05) is 43.0 Å². The zero-order valence-electron chi connectivity index (χ0n) is 22.3. The molecule has 0 amide bonds. The molecule has 39 heavy (non-hydrogen) atoms. The van der Waals surface area contributed by atoms with E-state index in [2.05, 4.69) is 12.2 Å². The first kappa shape index (κ1) is 30.2. The SMILES string of the molecule is CCCOCCOCCOCCOc1cc(/C=C2\SC(Nc3ccccc3)=C(C(=O)OCC)C2=O)ccc1O. The van der Waals surface area contributed by atoms with E-state index < -0.39 is 11.8 Å². The molecule has 0 aromatic heterocycles. The molecule has 0 saturated heterocycles. The van der Waals surface area contributed by atoms with Gasteiger partial charge in [0.05, 0.1) is 49.6 Å². The number of rotatable bonds is 17. The van der Waals surface area contributed by atoms with Gasteiger partial charge in [0.1, 0.15) is 12.2 Å². The van der Waals surface area contributed by atoms with Crippen LogP contribution in [0.2, 0.25) is 0 Å². The number of Topliss-reactive ketones (excluding diaryl/α,β-unsaturated/α-hetero) is 1. The fraction of sp³-hybridized carbons (Fsp3) is 0.379. The maximum atomic E-state index is 13.2. The summed E-state index contributed by atoms with van der Waals surface area (Å²) in [6, 6.07) is 14.0. The van der Waals surface area contributed by atoms with Crippen LogP contribution in [0.4, 0.5) is 5.69 Å². The van der Waals surface area contributed by atoms with Gasteiger partial charge in [0.2, 0.25) is 5.78 Å². The lowest BCUT2D eigenvalue weighted by molar-refractivity contribution is -0.139. The van der Waals surface area contributed by atoms with Gasteiger partial charge in [0.15, 0.2) is 11.5 Å². The zero-order chi connectivity index (χ0) is 27.9. The smallest absolute Gasteiger partial charge is 0.344 e. The molecule has 0 aliphatic carbocycles. The van der Waals surface area contributed by atoms with Crippen molar-refractivity contribution in [2.45, 2.75) is 20.3 Å². The van der Waals surface area contributed by atoms with Crippen molar-refractivity contribution in [3.8, 4) is 11.5 Å². The average Bonchev–Trinajstić information content (AvgIpc) is 3.23. The summed E-state index contributed by atoms with van der Waals surface area (Å²) in [5, 5.41) is 13.8. The molecule has 210 valence electrons. The van der Waals surface area contributed by atoms with Crippen LogP contribution < -0.4 is 10.1 Å². The predicted molar refractivity (Wildman–Crippen MR) is 151 cm³/mol. The van der Waals surface area contributed by atoms with Crippen molar-refractivity contribution in [1.29, 1.82) is 0 Å². The van der Waals surface area contributed by atoms with Crippen LogP contribution in [0.15, 0.2) is 64.0 Å². The lowest BCUT2D eigenvalue weighted by Crippen LogP contribution is -2.16. The molecule has 0 spiro atoms. The van der Waals surface area contributed by atoms with Crippen LogP contribution >= 0.6 is 11.8 Å². The Morgan fingerprint density at radius 2 is 1.59 bits per heavy atom. The first-order chi connectivity index (χ1) is 19.0. The van der Waals surface area contributed by atoms with Crippen LogP contribution in [0.5, 0.6) is 11.5 Å². The van der Waals surface area contributed by atoms with E-state index in [-0.39, 0.29) is 30.3 Å². The number of benzene rings is 2. The van der Waals surface area contributed by atoms with Gasteiger partial charge in [-0.25, -0.2) is 4.79 Å². The van der Waals surface area contributed by atoms with Crippen molar-refractivity contribution in [1.82, 2.24) is 0 Å². The van der Waals surface area contributed by atoms with Gasteiger partial charge >= 0.3 is 5.97 Å². The number of phenolic OH excluding ortho intramolecular Hbond substituents is 1. The third-order valence-electron chi connectivity index (χ3n) is 5.26. The monoisotopic (exact) mass is 557 g/mol. The van der Waals surface area contributed by atoms with Gasteiger partial charge < -0.3 is 34.1 Å². The molecule has 1 heterocycles. The van der Waals surface area contributed by atoms with E-state index in [1.807, 2.05) is 30.3 Å². The largest absolute Gasteiger partial charge is 0.504 e. The van der Waals surface area contributed by atoms with Gasteiger partial charge in [0, 0.05) is 12.3 Å². The second kappa shape index (κ2) is 16.6. The highest BCUT2D eigenvalue weighted by molar-refractivity contribution is 8.08. The van der Waals surface area contributed by atoms with Crippen LogP contribution in [0.25, 0.3) is 6.08 Å². The van der Waals surface area contributed by atoms with E-state index in [1.165, 1.54) is 6.07 Å². The van der Waals surface area contributed by atoms with Gasteiger partial charge in [-0.3, -0.25) is 4.79 Å². The number of anilines is 1. The second-order valence-electron chi connectivity index (χ2n) is 8.27. The molecule has 0 bridgehead atoms. The topological polar surface area (TPSA) is 113 Å². The number of aromatic hydroxyl groups is 1. The highest BCUT2D eigenvalue weighted by Gasteiger charge is 2.35. The second-order valence-corrected chi connectivity index (χ2v) is 9.32. The quantitative estimate of drug-likeness (QED) is 0.122. The summed E-state index contributed by atoms with van der Waals surface area (Å²) in [4.78, 5) is 26.1. The number of nitrogens with one attached hydrogen (secondary N) is 1. The van der Waals surface area contributed by atoms with Crippen LogP contribution in [0, 0.1) is 0 Å². The summed E-state index contributed by atoms with van der Waals surface area (Å²) >= 11 is 1.15. The van der Waals surface area contributed by atoms with Crippen molar-refractivity contribution in [2.75, 3.05) is 58.2 Å². The normalized spacial score (nSPS) is 14.2. The van der Waals surface area contributed by atoms with Crippen LogP contribution in [0.1, 0.15) is 25.8 Å². The predicted octanol–water partition coefficient (Wildman–Crippen LogP) is 4.77. The van der Waals surface area contributed by atoms with E-state index in [4.69, 9.17) is 23.7 Å². The maximum absolute atomic E-state index is 13.2. The fourth-order valence-corrected chi connectivity index (χ4v) is 4.50. The molecule has 0 atom stereocenters. The minimum Gasteiger partial charge on any atom is -0.504 e. The number of allylic oxidation sites excluding steroid dienone is 1. The number of thioether (sulfide) groups is 1. The minimum atomic E-state index is -0.679. The molecule has 1 aliphatic heterocycles. The van der Waals surface area contributed by atoms with Crippen molar-refractivity contribution >= 4 is 35.3 Å². The van der Waals surface area contributed by atoms with Crippen LogP contribution in [0.3, 0.4) is 0 Å². The molecule has 0 unspecified atom stereocenters. The Labute approximate surface area is 233 Å². The van der Waals surface area contributed by atoms with Gasteiger partial charge in [-0.15, -0.1) is 0 Å². The Bertz CT molecular complexity index is 1150. The van der Waals surface area contributed by atoms with Crippen molar-refractivity contribution in [2.24, 2.45) is 0 Å². The number of carbonyl (C=O) groups is 2. The number of ether oxygens (including phenoxy) is 5. The molecule has 0 radical (unpaired) electrons. The number of phenols is 1. The third kappa shape index (κ3) is 9.74. The summed E-state index contributed by atoms with van der Waals surface area (Å²) in [6.45, 7) is 7.14. The molecule has 2 aromatic rings. The summed E-state index contributed by atoms with van der Waals surface area (Å²) in [6.07, 6.45) is 2.63. The summed E-state index contributed by atoms with van der Waals surface area (Å²) in [7, 11) is 0. The fourth-order valence-electron chi connectivity index (χ4n) is 3.44. The molecule has 0 fully saturated rings. The average molecular weight is 558 g/mol. The number of carbonyl (C=O) groups excluding carboxylic acids is 2. The van der Waals surface area contributed by atoms with E-state index in [0.717, 1.165) is 30.5 Å². The van der Waals surface area contributed by atoms with Crippen molar-refractivity contribution < 1.29 is 38.4 Å². The van der Waals surface area contributed by atoms with Gasteiger partial charge in [0.25, 0.3) is 0 Å². The number of hydrogen-bond donors (Lipinski definition) is 2. The standard InChI is InChI=1S/C29H35NO8S/c1-3-12-34-13-14-35-15-16-36-17-18-38-24-19-21(10-11-23(24)31)20-25-27(32)26(29(33)37-4-2)28(39-25)30-22-8-6-5-7-9-22/h5-11,19-20,30-31H,3-4,12-18H2,1-2H3/b25-20-.